The first-order chi connectivity index (χ1) is 19.0. The standard InChI is InChI=1S/C19H20N6O3S.C8H10O2/c1-20-16-15-18(29-10-21-15)24-19(23-16)25-6-2-3-11(8-25)17(28)22-13-5-4-12(9-26)14(27)7-13;1-9-7-5-3-4-6-8(7)10-2/h4-5,7,9-11,27H,2-3,6,8H2,1H3,(H,22,28)(H,20,23,24);3-6H,1-2H3. The number of hydrogen-bond donors (Lipinski definition) is 3. The van der Waals surface area contributed by atoms with Crippen molar-refractivity contribution >= 4 is 51.3 Å². The summed E-state index contributed by atoms with van der Waals surface area (Å²) in [4.78, 5) is 39.9. The van der Waals surface area contributed by atoms with Gasteiger partial charge in [0.25, 0.3) is 0 Å². The van der Waals surface area contributed by atoms with Gasteiger partial charge in [-0.3, -0.25) is 9.59 Å². The third-order valence-electron chi connectivity index (χ3n) is 6.21. The number of ether oxygens (including phenoxy) is 2. The third-order valence-corrected chi connectivity index (χ3v) is 6.93. The van der Waals surface area contributed by atoms with E-state index in [4.69, 9.17) is 9.47 Å². The van der Waals surface area contributed by atoms with Crippen LogP contribution in [0.5, 0.6) is 17.2 Å². The number of benzene rings is 2. The Balaban J connectivity index is 0.000000298. The fourth-order valence-electron chi connectivity index (χ4n) is 4.19. The van der Waals surface area contributed by atoms with Crippen molar-refractivity contribution in [3.8, 4) is 17.2 Å². The summed E-state index contributed by atoms with van der Waals surface area (Å²) in [6.45, 7) is 1.27. The number of phenols is 1. The molecular weight excluding hydrogens is 520 g/mol. The van der Waals surface area contributed by atoms with E-state index in [-0.39, 0.29) is 23.1 Å². The molecule has 204 valence electrons. The first-order valence-corrected chi connectivity index (χ1v) is 13.1. The highest BCUT2D eigenvalue weighted by atomic mass is 32.1. The van der Waals surface area contributed by atoms with Gasteiger partial charge in [-0.15, -0.1) is 11.3 Å². The molecule has 0 spiro atoms. The van der Waals surface area contributed by atoms with E-state index in [0.29, 0.717) is 30.3 Å². The normalized spacial score (nSPS) is 14.6. The topological polar surface area (TPSA) is 139 Å². The Hall–Kier alpha value is -4.45. The molecule has 11 nitrogen and oxygen atoms in total. The number of piperidine rings is 1. The number of para-hydroxylation sites is 2. The first kappa shape index (κ1) is 27.6. The van der Waals surface area contributed by atoms with Crippen molar-refractivity contribution in [3.05, 3.63) is 53.5 Å². The number of fused-ring (bicyclic) bond motifs is 1. The zero-order valence-electron chi connectivity index (χ0n) is 21.9. The molecule has 1 atom stereocenters. The highest BCUT2D eigenvalue weighted by Gasteiger charge is 2.28. The van der Waals surface area contributed by atoms with Crippen molar-refractivity contribution in [2.24, 2.45) is 5.92 Å². The van der Waals surface area contributed by atoms with E-state index < -0.39 is 0 Å². The van der Waals surface area contributed by atoms with E-state index in [1.54, 1.807) is 32.8 Å². The van der Waals surface area contributed by atoms with Crippen molar-refractivity contribution in [1.29, 1.82) is 0 Å². The van der Waals surface area contributed by atoms with Gasteiger partial charge in [0.2, 0.25) is 11.9 Å². The SMILES string of the molecule is CNc1nc(N2CCCC(C(=O)Nc3ccc(C=O)c(O)c3)C2)nc2scnc12.COc1ccccc1OC. The maximum atomic E-state index is 12.8. The molecule has 3 heterocycles. The van der Waals surface area contributed by atoms with Crippen LogP contribution in [-0.4, -0.2) is 66.6 Å². The molecule has 39 heavy (non-hydrogen) atoms. The van der Waals surface area contributed by atoms with Crippen LogP contribution in [0.15, 0.2) is 48.0 Å². The molecule has 1 unspecified atom stereocenters. The average molecular weight is 551 g/mol. The van der Waals surface area contributed by atoms with Crippen LogP contribution in [-0.2, 0) is 4.79 Å². The monoisotopic (exact) mass is 550 g/mol. The van der Waals surface area contributed by atoms with Gasteiger partial charge in [0.15, 0.2) is 28.4 Å². The number of thiazole rings is 1. The van der Waals surface area contributed by atoms with Crippen molar-refractivity contribution in [2.75, 3.05) is 49.9 Å². The minimum Gasteiger partial charge on any atom is -0.507 e. The zero-order chi connectivity index (χ0) is 27.8. The van der Waals surface area contributed by atoms with E-state index in [1.807, 2.05) is 29.2 Å². The van der Waals surface area contributed by atoms with Crippen LogP contribution < -0.4 is 25.0 Å². The molecule has 1 amide bonds. The third kappa shape index (κ3) is 6.52. The highest BCUT2D eigenvalue weighted by molar-refractivity contribution is 7.16. The van der Waals surface area contributed by atoms with E-state index in [2.05, 4.69) is 25.6 Å². The maximum Gasteiger partial charge on any atom is 0.229 e. The summed E-state index contributed by atoms with van der Waals surface area (Å²) in [5, 5.41) is 15.7. The van der Waals surface area contributed by atoms with Gasteiger partial charge in [0.05, 0.1) is 31.2 Å². The lowest BCUT2D eigenvalue weighted by molar-refractivity contribution is -0.120. The number of hydrogen-bond acceptors (Lipinski definition) is 11. The van der Waals surface area contributed by atoms with Gasteiger partial charge in [0, 0.05) is 31.9 Å². The second-order valence-electron chi connectivity index (χ2n) is 8.65. The van der Waals surface area contributed by atoms with Crippen molar-refractivity contribution < 1.29 is 24.2 Å². The molecule has 1 aliphatic rings. The molecule has 5 rings (SSSR count). The van der Waals surface area contributed by atoms with Gasteiger partial charge >= 0.3 is 0 Å². The van der Waals surface area contributed by atoms with Crippen LogP contribution >= 0.6 is 11.3 Å². The minimum atomic E-state index is -0.240. The van der Waals surface area contributed by atoms with E-state index in [9.17, 15) is 14.7 Å². The first-order valence-electron chi connectivity index (χ1n) is 12.3. The Kier molecular flexibility index (Phi) is 9.10. The molecule has 3 N–H and O–H groups in total. The lowest BCUT2D eigenvalue weighted by Crippen LogP contribution is -2.41. The van der Waals surface area contributed by atoms with Gasteiger partial charge in [0.1, 0.15) is 11.3 Å². The molecule has 2 aromatic carbocycles. The molecule has 1 aliphatic heterocycles. The van der Waals surface area contributed by atoms with E-state index in [0.717, 1.165) is 41.2 Å². The quantitative estimate of drug-likeness (QED) is 0.287. The maximum absolute atomic E-state index is 12.8. The smallest absolute Gasteiger partial charge is 0.229 e. The number of carbonyl (C=O) groups excluding carboxylic acids is 2. The molecule has 0 bridgehead atoms. The van der Waals surface area contributed by atoms with Crippen LogP contribution in [0, 0.1) is 5.92 Å². The lowest BCUT2D eigenvalue weighted by Gasteiger charge is -2.32. The van der Waals surface area contributed by atoms with Crippen LogP contribution in [0.2, 0.25) is 0 Å². The van der Waals surface area contributed by atoms with Gasteiger partial charge in [-0.2, -0.15) is 9.97 Å². The number of rotatable bonds is 7. The van der Waals surface area contributed by atoms with E-state index >= 15 is 0 Å². The van der Waals surface area contributed by atoms with Crippen molar-refractivity contribution in [2.45, 2.75) is 12.8 Å². The van der Waals surface area contributed by atoms with Crippen molar-refractivity contribution in [3.63, 3.8) is 0 Å². The van der Waals surface area contributed by atoms with Crippen LogP contribution in [0.3, 0.4) is 0 Å². The van der Waals surface area contributed by atoms with Gasteiger partial charge < -0.3 is 30.1 Å². The van der Waals surface area contributed by atoms with Crippen LogP contribution in [0.25, 0.3) is 10.3 Å². The Morgan fingerprint density at radius 3 is 2.54 bits per heavy atom. The molecule has 2 aromatic heterocycles. The predicted molar refractivity (Wildman–Crippen MR) is 151 cm³/mol. The highest BCUT2D eigenvalue weighted by Crippen LogP contribution is 2.29. The molecule has 0 aliphatic carbocycles. The Morgan fingerprint density at radius 2 is 1.90 bits per heavy atom. The Labute approximate surface area is 229 Å². The summed E-state index contributed by atoms with van der Waals surface area (Å²) < 4.78 is 10.0. The summed E-state index contributed by atoms with van der Waals surface area (Å²) in [5.74, 6) is 2.25. The number of aromatic nitrogens is 3. The summed E-state index contributed by atoms with van der Waals surface area (Å²) in [6, 6.07) is 12.0. The second kappa shape index (κ2) is 12.9. The van der Waals surface area contributed by atoms with Gasteiger partial charge in [-0.25, -0.2) is 4.98 Å². The molecule has 1 fully saturated rings. The van der Waals surface area contributed by atoms with Gasteiger partial charge in [-0.05, 0) is 37.1 Å². The predicted octanol–water partition coefficient (Wildman–Crippen LogP) is 4.21. The molecule has 1 saturated heterocycles. The summed E-state index contributed by atoms with van der Waals surface area (Å²) in [5.41, 5.74) is 3.12. The summed E-state index contributed by atoms with van der Waals surface area (Å²) in [6.07, 6.45) is 2.16. The van der Waals surface area contributed by atoms with Crippen LogP contribution in [0.4, 0.5) is 17.5 Å². The zero-order valence-corrected chi connectivity index (χ0v) is 22.7. The second-order valence-corrected chi connectivity index (χ2v) is 9.48. The fraction of sp³-hybridized carbons (Fsp3) is 0.296. The number of carbonyl (C=O) groups is 2. The number of aromatic hydroxyl groups is 1. The van der Waals surface area contributed by atoms with Crippen molar-refractivity contribution in [1.82, 2.24) is 15.0 Å². The lowest BCUT2D eigenvalue weighted by atomic mass is 9.97. The fourth-order valence-corrected chi connectivity index (χ4v) is 4.85. The Morgan fingerprint density at radius 1 is 1.15 bits per heavy atom. The number of nitrogens with zero attached hydrogens (tertiary/aromatic N) is 4. The average Bonchev–Trinajstić information content (AvgIpc) is 3.46. The number of nitrogens with one attached hydrogen (secondary N) is 2. The number of aldehydes is 1. The van der Waals surface area contributed by atoms with E-state index in [1.165, 1.54) is 23.5 Å². The number of anilines is 3. The minimum absolute atomic E-state index is 0.138. The summed E-state index contributed by atoms with van der Waals surface area (Å²) >= 11 is 1.45. The molecular formula is C27H30N6O5S. The molecule has 4 aromatic rings. The molecule has 0 radical (unpaired) electrons. The number of phenolic OH excluding ortho intramolecular Hbond substituents is 1. The number of methoxy groups -OCH3 is 2. The Bertz CT molecular complexity index is 1420. The van der Waals surface area contributed by atoms with Gasteiger partial charge in [-0.1, -0.05) is 12.1 Å². The van der Waals surface area contributed by atoms with Crippen LogP contribution in [0.1, 0.15) is 23.2 Å². The summed E-state index contributed by atoms with van der Waals surface area (Å²) in [7, 11) is 5.04. The largest absolute Gasteiger partial charge is 0.507 e. The number of amides is 1. The molecule has 12 heteroatoms. The molecule has 0 saturated carbocycles.